The number of carbonyl (C=O) groups is 1. The number of halogens is 4. The molecule has 0 radical (unpaired) electrons. The first-order valence-electron chi connectivity index (χ1n) is 12.1. The van der Waals surface area contributed by atoms with Crippen molar-refractivity contribution in [2.45, 2.75) is 18.0 Å². The third-order valence-corrected chi connectivity index (χ3v) is 9.27. The molecule has 14 heteroatoms. The van der Waals surface area contributed by atoms with Crippen LogP contribution in [0.5, 0.6) is 11.5 Å². The van der Waals surface area contributed by atoms with E-state index in [1.807, 2.05) is 0 Å². The van der Waals surface area contributed by atoms with E-state index in [1.165, 1.54) is 42.7 Å². The fourth-order valence-corrected chi connectivity index (χ4v) is 6.77. The molecule has 216 valence electrons. The Bertz CT molecular complexity index is 1720. The number of hydrogen-bond donors (Lipinski definition) is 2. The average Bonchev–Trinajstić information content (AvgIpc) is 3.58. The van der Waals surface area contributed by atoms with Crippen molar-refractivity contribution in [3.63, 3.8) is 0 Å². The molecule has 41 heavy (non-hydrogen) atoms. The van der Waals surface area contributed by atoms with Gasteiger partial charge in [0.05, 0.1) is 18.6 Å². The van der Waals surface area contributed by atoms with Crippen molar-refractivity contribution < 1.29 is 40.6 Å². The van der Waals surface area contributed by atoms with Gasteiger partial charge < -0.3 is 19.5 Å². The van der Waals surface area contributed by atoms with Crippen LogP contribution in [0.4, 0.5) is 24.5 Å². The van der Waals surface area contributed by atoms with Gasteiger partial charge in [-0.25, -0.2) is 8.42 Å². The van der Waals surface area contributed by atoms with Crippen LogP contribution >= 0.6 is 22.9 Å². The number of ether oxygens (including phenoxy) is 3. The monoisotopic (exact) mass is 626 g/mol. The quantitative estimate of drug-likeness (QED) is 0.220. The van der Waals surface area contributed by atoms with Gasteiger partial charge in [0.25, 0.3) is 5.91 Å². The largest absolute Gasteiger partial charge is 0.573 e. The Hall–Kier alpha value is -3.52. The minimum absolute atomic E-state index is 0.135. The summed E-state index contributed by atoms with van der Waals surface area (Å²) in [5, 5.41) is 3.05. The minimum atomic E-state index is -4.89. The molecule has 0 saturated carbocycles. The van der Waals surface area contributed by atoms with Crippen LogP contribution in [0.3, 0.4) is 0 Å². The molecule has 0 bridgehead atoms. The second kappa shape index (κ2) is 11.4. The van der Waals surface area contributed by atoms with E-state index < -0.39 is 33.3 Å². The lowest BCUT2D eigenvalue weighted by molar-refractivity contribution is -0.274. The van der Waals surface area contributed by atoms with Crippen molar-refractivity contribution in [1.82, 2.24) is 0 Å². The van der Waals surface area contributed by atoms with Crippen LogP contribution in [-0.4, -0.2) is 46.3 Å². The standard InChI is InChI=1S/C27H22ClF3N2O6S2/c1-37-21-9-16(10-22(13-21)39-27(29,30)31)15-6-18(28)12-20(7-15)32-26(34)25-11-17-8-19(2-3-24(17)40-25)33-41(35,36)23-4-5-38-14-23/h2-3,6-13,23,33H,4-5,14H2,1H3,(H,32,34). The molecule has 1 aliphatic heterocycles. The van der Waals surface area contributed by atoms with Crippen LogP contribution in [0.25, 0.3) is 21.2 Å². The van der Waals surface area contributed by atoms with E-state index in [9.17, 15) is 26.4 Å². The number of alkyl halides is 3. The van der Waals surface area contributed by atoms with Crippen molar-refractivity contribution in [3.8, 4) is 22.6 Å². The van der Waals surface area contributed by atoms with Gasteiger partial charge in [-0.2, -0.15) is 0 Å². The van der Waals surface area contributed by atoms with E-state index in [2.05, 4.69) is 14.8 Å². The lowest BCUT2D eigenvalue weighted by Gasteiger charge is -2.13. The molecular weight excluding hydrogens is 605 g/mol. The number of methoxy groups -OCH3 is 1. The topological polar surface area (TPSA) is 103 Å². The summed E-state index contributed by atoms with van der Waals surface area (Å²) in [6.45, 7) is 0.542. The Morgan fingerprint density at radius 2 is 1.78 bits per heavy atom. The number of sulfonamides is 1. The van der Waals surface area contributed by atoms with E-state index in [0.717, 1.165) is 10.8 Å². The Morgan fingerprint density at radius 3 is 2.49 bits per heavy atom. The van der Waals surface area contributed by atoms with Gasteiger partial charge in [0.2, 0.25) is 10.0 Å². The number of fused-ring (bicyclic) bond motifs is 1. The maximum absolute atomic E-state index is 13.1. The summed E-state index contributed by atoms with van der Waals surface area (Å²) in [6, 6.07) is 15.0. The van der Waals surface area contributed by atoms with Gasteiger partial charge in [-0.3, -0.25) is 9.52 Å². The molecule has 1 aliphatic rings. The zero-order chi connectivity index (χ0) is 29.4. The molecule has 1 saturated heterocycles. The summed E-state index contributed by atoms with van der Waals surface area (Å²) < 4.78 is 81.3. The van der Waals surface area contributed by atoms with Gasteiger partial charge in [0.15, 0.2) is 0 Å². The summed E-state index contributed by atoms with van der Waals surface area (Å²) in [4.78, 5) is 13.5. The number of thiophene rings is 1. The summed E-state index contributed by atoms with van der Waals surface area (Å²) in [5.74, 6) is -0.784. The Labute approximate surface area is 242 Å². The molecule has 1 unspecified atom stereocenters. The SMILES string of the molecule is COc1cc(OC(F)(F)F)cc(-c2cc(Cl)cc(NC(=O)c3cc4cc(NS(=O)(=O)C5CCOC5)ccc4s3)c2)c1. The zero-order valence-electron chi connectivity index (χ0n) is 21.3. The van der Waals surface area contributed by atoms with Crippen LogP contribution in [0.2, 0.25) is 5.02 Å². The Morgan fingerprint density at radius 1 is 1.02 bits per heavy atom. The Balaban J connectivity index is 1.37. The number of nitrogens with one attached hydrogen (secondary N) is 2. The number of carbonyl (C=O) groups excluding carboxylic acids is 1. The second-order valence-corrected chi connectivity index (χ2v) is 12.6. The highest BCUT2D eigenvalue weighted by Gasteiger charge is 2.32. The van der Waals surface area contributed by atoms with E-state index in [-0.39, 0.29) is 17.4 Å². The van der Waals surface area contributed by atoms with Crippen molar-refractivity contribution in [2.75, 3.05) is 30.4 Å². The number of hydrogen-bond acceptors (Lipinski definition) is 7. The van der Waals surface area contributed by atoms with Gasteiger partial charge >= 0.3 is 6.36 Å². The zero-order valence-corrected chi connectivity index (χ0v) is 23.6. The highest BCUT2D eigenvalue weighted by atomic mass is 35.5. The fraction of sp³-hybridized carbons (Fsp3) is 0.222. The molecule has 1 fully saturated rings. The molecule has 0 spiro atoms. The molecule has 2 N–H and O–H groups in total. The number of benzene rings is 3. The highest BCUT2D eigenvalue weighted by molar-refractivity contribution is 7.93. The van der Waals surface area contributed by atoms with Crippen molar-refractivity contribution in [2.24, 2.45) is 0 Å². The third kappa shape index (κ3) is 7.04. The molecule has 5 rings (SSSR count). The summed E-state index contributed by atoms with van der Waals surface area (Å²) >= 11 is 7.49. The average molecular weight is 627 g/mol. The molecule has 8 nitrogen and oxygen atoms in total. The molecule has 1 amide bonds. The molecular formula is C27H22ClF3N2O6S2. The minimum Gasteiger partial charge on any atom is -0.497 e. The fourth-order valence-electron chi connectivity index (χ4n) is 4.29. The number of rotatable bonds is 8. The predicted octanol–water partition coefficient (Wildman–Crippen LogP) is 6.91. The molecule has 1 aromatic heterocycles. The third-order valence-electron chi connectivity index (χ3n) is 6.17. The molecule has 3 aromatic carbocycles. The highest BCUT2D eigenvalue weighted by Crippen LogP contribution is 2.36. The molecule has 2 heterocycles. The summed E-state index contributed by atoms with van der Waals surface area (Å²) in [5.41, 5.74) is 1.42. The van der Waals surface area contributed by atoms with E-state index in [4.69, 9.17) is 21.1 Å². The lowest BCUT2D eigenvalue weighted by atomic mass is 10.0. The number of amides is 1. The van der Waals surface area contributed by atoms with Crippen LogP contribution in [0, 0.1) is 0 Å². The predicted molar refractivity (Wildman–Crippen MR) is 152 cm³/mol. The molecule has 4 aromatic rings. The maximum atomic E-state index is 13.1. The van der Waals surface area contributed by atoms with Gasteiger partial charge in [-0.05, 0) is 77.5 Å². The van der Waals surface area contributed by atoms with Gasteiger partial charge in [-0.15, -0.1) is 24.5 Å². The van der Waals surface area contributed by atoms with E-state index in [1.54, 1.807) is 30.3 Å². The van der Waals surface area contributed by atoms with Gasteiger partial charge in [-0.1, -0.05) is 11.6 Å². The second-order valence-electron chi connectivity index (χ2n) is 9.12. The number of anilines is 2. The first-order chi connectivity index (χ1) is 19.4. The Kier molecular flexibility index (Phi) is 8.06. The van der Waals surface area contributed by atoms with Crippen molar-refractivity contribution in [3.05, 3.63) is 70.6 Å². The van der Waals surface area contributed by atoms with Gasteiger partial charge in [0.1, 0.15) is 16.7 Å². The molecule has 0 aliphatic carbocycles. The first kappa shape index (κ1) is 29.0. The normalized spacial score (nSPS) is 15.6. The van der Waals surface area contributed by atoms with Crippen molar-refractivity contribution in [1.29, 1.82) is 0 Å². The molecule has 1 atom stereocenters. The van der Waals surface area contributed by atoms with Crippen molar-refractivity contribution >= 4 is 60.3 Å². The van der Waals surface area contributed by atoms with E-state index in [0.29, 0.717) is 45.8 Å². The lowest BCUT2D eigenvalue weighted by Crippen LogP contribution is -2.27. The van der Waals surface area contributed by atoms with Crippen LogP contribution < -0.4 is 19.5 Å². The summed E-state index contributed by atoms with van der Waals surface area (Å²) in [7, 11) is -2.30. The smallest absolute Gasteiger partial charge is 0.497 e. The maximum Gasteiger partial charge on any atom is 0.573 e. The van der Waals surface area contributed by atoms with Crippen LogP contribution in [-0.2, 0) is 14.8 Å². The van der Waals surface area contributed by atoms with Crippen LogP contribution in [0.1, 0.15) is 16.1 Å². The van der Waals surface area contributed by atoms with Crippen LogP contribution in [0.15, 0.2) is 60.7 Å². The van der Waals surface area contributed by atoms with E-state index >= 15 is 0 Å². The summed E-state index contributed by atoms with van der Waals surface area (Å²) in [6.07, 6.45) is -4.47. The van der Waals surface area contributed by atoms with Gasteiger partial charge in [0, 0.05) is 33.8 Å². The first-order valence-corrected chi connectivity index (χ1v) is 14.8.